The number of rotatable bonds is 1. The highest BCUT2D eigenvalue weighted by Crippen LogP contribution is 1.98. The third-order valence-electron chi connectivity index (χ3n) is 1.71. The Hall–Kier alpha value is 0.210. The van der Waals surface area contributed by atoms with Gasteiger partial charge in [0.15, 0.2) is 0 Å². The maximum Gasteiger partial charge on any atom is 0.0189 e. The molecule has 0 unspecified atom stereocenters. The zero-order valence-electron chi connectivity index (χ0n) is 5.81. The summed E-state index contributed by atoms with van der Waals surface area (Å²) in [6.07, 6.45) is 2.66. The highest BCUT2D eigenvalue weighted by molar-refractivity contribution is 5.85. The van der Waals surface area contributed by atoms with Crippen molar-refractivity contribution in [3.05, 3.63) is 0 Å². The maximum atomic E-state index is 3.32. The quantitative estimate of drug-likeness (QED) is 0.565. The lowest BCUT2D eigenvalue weighted by atomic mass is 10.1. The van der Waals surface area contributed by atoms with E-state index < -0.39 is 0 Å². The molecule has 9 heavy (non-hydrogen) atoms. The van der Waals surface area contributed by atoms with E-state index in [0.29, 0.717) is 0 Å². The van der Waals surface area contributed by atoms with Crippen molar-refractivity contribution in [3.8, 4) is 0 Å². The van der Waals surface area contributed by atoms with Crippen LogP contribution in [0.3, 0.4) is 0 Å². The Labute approximate surface area is 62.8 Å². The SMILES string of the molecule is CN[C@H]1CCCNC1.Cl. The normalized spacial score (nSPS) is 27.0. The van der Waals surface area contributed by atoms with E-state index >= 15 is 0 Å². The molecule has 0 bridgehead atoms. The fourth-order valence-corrected chi connectivity index (χ4v) is 1.10. The highest BCUT2D eigenvalue weighted by Gasteiger charge is 2.08. The van der Waals surface area contributed by atoms with Crippen molar-refractivity contribution in [2.75, 3.05) is 20.1 Å². The minimum Gasteiger partial charge on any atom is -0.316 e. The molecule has 1 saturated heterocycles. The van der Waals surface area contributed by atoms with Crippen LogP contribution in [0.4, 0.5) is 0 Å². The topological polar surface area (TPSA) is 24.1 Å². The standard InChI is InChI=1S/C6H14N2.ClH/c1-7-6-3-2-4-8-5-6;/h6-8H,2-5H2,1H3;1H/t6-;/m0./s1. The summed E-state index contributed by atoms with van der Waals surface area (Å²) in [5.74, 6) is 0. The van der Waals surface area contributed by atoms with Crippen LogP contribution in [0.1, 0.15) is 12.8 Å². The first-order valence-corrected chi connectivity index (χ1v) is 3.31. The molecular formula is C6H15ClN2. The summed E-state index contributed by atoms with van der Waals surface area (Å²) in [7, 11) is 2.03. The van der Waals surface area contributed by atoms with E-state index in [9.17, 15) is 0 Å². The monoisotopic (exact) mass is 150 g/mol. The molecular weight excluding hydrogens is 136 g/mol. The number of piperidine rings is 1. The van der Waals surface area contributed by atoms with E-state index in [-0.39, 0.29) is 12.4 Å². The molecule has 1 rings (SSSR count). The highest BCUT2D eigenvalue weighted by atomic mass is 35.5. The summed E-state index contributed by atoms with van der Waals surface area (Å²) < 4.78 is 0. The molecule has 0 aromatic rings. The lowest BCUT2D eigenvalue weighted by molar-refractivity contribution is 0.412. The van der Waals surface area contributed by atoms with Crippen LogP contribution in [0, 0.1) is 0 Å². The van der Waals surface area contributed by atoms with E-state index in [0.717, 1.165) is 12.6 Å². The van der Waals surface area contributed by atoms with Crippen LogP contribution >= 0.6 is 12.4 Å². The van der Waals surface area contributed by atoms with Crippen LogP contribution in [-0.4, -0.2) is 26.2 Å². The zero-order valence-corrected chi connectivity index (χ0v) is 6.63. The van der Waals surface area contributed by atoms with Crippen LogP contribution in [0.2, 0.25) is 0 Å². The number of halogens is 1. The molecule has 2 nitrogen and oxygen atoms in total. The van der Waals surface area contributed by atoms with Gasteiger partial charge in [-0.05, 0) is 26.4 Å². The molecule has 0 radical (unpaired) electrons. The second-order valence-corrected chi connectivity index (χ2v) is 2.33. The summed E-state index contributed by atoms with van der Waals surface area (Å²) in [4.78, 5) is 0. The van der Waals surface area contributed by atoms with Crippen LogP contribution in [0.15, 0.2) is 0 Å². The van der Waals surface area contributed by atoms with Gasteiger partial charge in [0.1, 0.15) is 0 Å². The van der Waals surface area contributed by atoms with E-state index in [2.05, 4.69) is 10.6 Å². The third kappa shape index (κ3) is 3.04. The van der Waals surface area contributed by atoms with Crippen LogP contribution < -0.4 is 10.6 Å². The second kappa shape index (κ2) is 5.03. The molecule has 0 aromatic heterocycles. The van der Waals surface area contributed by atoms with Gasteiger partial charge in [0, 0.05) is 12.6 Å². The molecule has 1 fully saturated rings. The largest absolute Gasteiger partial charge is 0.316 e. The van der Waals surface area contributed by atoms with Gasteiger partial charge in [-0.1, -0.05) is 0 Å². The second-order valence-electron chi connectivity index (χ2n) is 2.33. The fourth-order valence-electron chi connectivity index (χ4n) is 1.10. The van der Waals surface area contributed by atoms with Gasteiger partial charge < -0.3 is 10.6 Å². The van der Waals surface area contributed by atoms with Crippen molar-refractivity contribution in [2.24, 2.45) is 0 Å². The Bertz CT molecular complexity index is 62.1. The molecule has 1 heterocycles. The minimum atomic E-state index is 0. The van der Waals surface area contributed by atoms with Gasteiger partial charge in [0.25, 0.3) is 0 Å². The van der Waals surface area contributed by atoms with E-state index in [1.165, 1.54) is 19.4 Å². The molecule has 0 amide bonds. The molecule has 0 saturated carbocycles. The lowest BCUT2D eigenvalue weighted by Crippen LogP contribution is -2.41. The number of likely N-dealkylation sites (N-methyl/N-ethyl adjacent to an activating group) is 1. The first-order chi connectivity index (χ1) is 3.93. The summed E-state index contributed by atoms with van der Waals surface area (Å²) in [6.45, 7) is 2.36. The van der Waals surface area contributed by atoms with Crippen LogP contribution in [-0.2, 0) is 0 Å². The predicted molar refractivity (Wildman–Crippen MR) is 42.2 cm³/mol. The molecule has 3 heteroatoms. The van der Waals surface area contributed by atoms with Gasteiger partial charge in [0.05, 0.1) is 0 Å². The van der Waals surface area contributed by atoms with Gasteiger partial charge in [-0.2, -0.15) is 0 Å². The Morgan fingerprint density at radius 1 is 1.56 bits per heavy atom. The third-order valence-corrected chi connectivity index (χ3v) is 1.71. The van der Waals surface area contributed by atoms with Gasteiger partial charge >= 0.3 is 0 Å². The minimum absolute atomic E-state index is 0. The Balaban J connectivity index is 0.000000640. The number of hydrogen-bond donors (Lipinski definition) is 2. The van der Waals surface area contributed by atoms with Crippen molar-refractivity contribution in [1.82, 2.24) is 10.6 Å². The number of hydrogen-bond acceptors (Lipinski definition) is 2. The van der Waals surface area contributed by atoms with E-state index in [4.69, 9.17) is 0 Å². The number of nitrogens with one attached hydrogen (secondary N) is 2. The van der Waals surface area contributed by atoms with Crippen LogP contribution in [0.25, 0.3) is 0 Å². The lowest BCUT2D eigenvalue weighted by Gasteiger charge is -2.21. The van der Waals surface area contributed by atoms with E-state index in [1.54, 1.807) is 0 Å². The van der Waals surface area contributed by atoms with Crippen molar-refractivity contribution in [3.63, 3.8) is 0 Å². The van der Waals surface area contributed by atoms with Crippen molar-refractivity contribution >= 4 is 12.4 Å². The summed E-state index contributed by atoms with van der Waals surface area (Å²) in [6, 6.07) is 0.726. The molecule has 1 atom stereocenters. The van der Waals surface area contributed by atoms with Gasteiger partial charge in [-0.15, -0.1) is 12.4 Å². The Morgan fingerprint density at radius 2 is 2.33 bits per heavy atom. The van der Waals surface area contributed by atoms with Gasteiger partial charge in [0.2, 0.25) is 0 Å². The average Bonchev–Trinajstić information content (AvgIpc) is 1.90. The molecule has 0 aromatic carbocycles. The molecule has 0 aliphatic carbocycles. The average molecular weight is 151 g/mol. The molecule has 56 valence electrons. The van der Waals surface area contributed by atoms with Crippen molar-refractivity contribution < 1.29 is 0 Å². The molecule has 0 spiro atoms. The Morgan fingerprint density at radius 3 is 2.67 bits per heavy atom. The molecule has 1 aliphatic rings. The zero-order chi connectivity index (χ0) is 5.82. The van der Waals surface area contributed by atoms with Crippen LogP contribution in [0.5, 0.6) is 0 Å². The predicted octanol–water partition coefficient (Wildman–Crippen LogP) is 0.380. The van der Waals surface area contributed by atoms with Crippen molar-refractivity contribution in [1.29, 1.82) is 0 Å². The smallest absolute Gasteiger partial charge is 0.0189 e. The summed E-state index contributed by atoms with van der Waals surface area (Å²) >= 11 is 0. The first-order valence-electron chi connectivity index (χ1n) is 3.31. The summed E-state index contributed by atoms with van der Waals surface area (Å²) in [5.41, 5.74) is 0. The Kier molecular flexibility index (Phi) is 5.15. The van der Waals surface area contributed by atoms with Gasteiger partial charge in [-0.25, -0.2) is 0 Å². The van der Waals surface area contributed by atoms with Crippen molar-refractivity contribution in [2.45, 2.75) is 18.9 Å². The summed E-state index contributed by atoms with van der Waals surface area (Å²) in [5, 5.41) is 6.56. The first kappa shape index (κ1) is 9.21. The maximum absolute atomic E-state index is 3.32. The molecule has 2 N–H and O–H groups in total. The fraction of sp³-hybridized carbons (Fsp3) is 1.00. The molecule has 1 aliphatic heterocycles. The van der Waals surface area contributed by atoms with Gasteiger partial charge in [-0.3, -0.25) is 0 Å². The van der Waals surface area contributed by atoms with E-state index in [1.807, 2.05) is 7.05 Å².